The third-order valence-electron chi connectivity index (χ3n) is 6.14. The molecular formula is C24H30N4OS. The average Bonchev–Trinajstić information content (AvgIpc) is 3.42. The predicted octanol–water partition coefficient (Wildman–Crippen LogP) is 4.62. The predicted molar refractivity (Wildman–Crippen MR) is 125 cm³/mol. The SMILES string of the molecule is CCCN1CC=C(c2c[nH]c3ncc(-c4ccc(CN5CCOCC5)s4)cc23)CC1. The summed E-state index contributed by atoms with van der Waals surface area (Å²) in [6, 6.07) is 6.83. The molecule has 0 unspecified atom stereocenters. The molecule has 5 heterocycles. The molecule has 0 radical (unpaired) electrons. The lowest BCUT2D eigenvalue weighted by atomic mass is 9.99. The Labute approximate surface area is 182 Å². The molecule has 6 heteroatoms. The molecule has 3 aromatic rings. The van der Waals surface area contributed by atoms with Gasteiger partial charge < -0.3 is 9.72 Å². The Kier molecular flexibility index (Phi) is 6.00. The number of fused-ring (bicyclic) bond motifs is 1. The van der Waals surface area contributed by atoms with Gasteiger partial charge in [-0.1, -0.05) is 13.0 Å². The minimum atomic E-state index is 0.848. The van der Waals surface area contributed by atoms with Crippen LogP contribution in [-0.2, 0) is 11.3 Å². The maximum Gasteiger partial charge on any atom is 0.137 e. The van der Waals surface area contributed by atoms with Crippen molar-refractivity contribution in [1.82, 2.24) is 19.8 Å². The van der Waals surface area contributed by atoms with Gasteiger partial charge in [-0.25, -0.2) is 4.98 Å². The van der Waals surface area contributed by atoms with E-state index in [1.807, 2.05) is 17.5 Å². The second kappa shape index (κ2) is 9.02. The number of ether oxygens (including phenoxy) is 1. The molecule has 0 spiro atoms. The van der Waals surface area contributed by atoms with Crippen LogP contribution in [-0.4, -0.2) is 65.7 Å². The van der Waals surface area contributed by atoms with Crippen LogP contribution in [0.5, 0.6) is 0 Å². The van der Waals surface area contributed by atoms with Crippen molar-refractivity contribution >= 4 is 27.9 Å². The van der Waals surface area contributed by atoms with Crippen molar-refractivity contribution in [3.63, 3.8) is 0 Å². The topological polar surface area (TPSA) is 44.4 Å². The Balaban J connectivity index is 1.37. The van der Waals surface area contributed by atoms with E-state index in [1.165, 1.54) is 44.8 Å². The molecule has 0 aliphatic carbocycles. The van der Waals surface area contributed by atoms with Crippen molar-refractivity contribution in [2.45, 2.75) is 26.3 Å². The van der Waals surface area contributed by atoms with Crippen LogP contribution in [0.4, 0.5) is 0 Å². The first-order chi connectivity index (χ1) is 14.8. The fourth-order valence-corrected chi connectivity index (χ4v) is 5.51. The summed E-state index contributed by atoms with van der Waals surface area (Å²) < 4.78 is 5.47. The van der Waals surface area contributed by atoms with Gasteiger partial charge in [0.05, 0.1) is 13.2 Å². The third kappa shape index (κ3) is 4.23. The van der Waals surface area contributed by atoms with Crippen LogP contribution in [0.2, 0.25) is 0 Å². The summed E-state index contributed by atoms with van der Waals surface area (Å²) in [6.07, 6.45) is 8.88. The van der Waals surface area contributed by atoms with Crippen LogP contribution < -0.4 is 0 Å². The minimum Gasteiger partial charge on any atom is -0.379 e. The monoisotopic (exact) mass is 422 g/mol. The van der Waals surface area contributed by atoms with Gasteiger partial charge in [-0.2, -0.15) is 0 Å². The van der Waals surface area contributed by atoms with Crippen LogP contribution in [0.25, 0.3) is 27.0 Å². The van der Waals surface area contributed by atoms with Crippen molar-refractivity contribution in [2.75, 3.05) is 45.9 Å². The van der Waals surface area contributed by atoms with E-state index in [2.05, 4.69) is 52.2 Å². The lowest BCUT2D eigenvalue weighted by molar-refractivity contribution is 0.0346. The van der Waals surface area contributed by atoms with E-state index in [0.717, 1.165) is 58.0 Å². The fourth-order valence-electron chi connectivity index (χ4n) is 4.48. The molecule has 5 rings (SSSR count). The standard InChI is InChI=1S/C24H30N4OS/c1-2-7-27-8-5-18(6-9-27)22-16-26-24-21(22)14-19(15-25-24)23-4-3-20(30-23)17-28-10-12-29-13-11-28/h3-5,14-16H,2,6-13,17H2,1H3,(H,25,26). The third-order valence-corrected chi connectivity index (χ3v) is 7.26. The van der Waals surface area contributed by atoms with Gasteiger partial charge in [0.25, 0.3) is 0 Å². The molecule has 2 aliphatic heterocycles. The number of hydrogen-bond acceptors (Lipinski definition) is 5. The zero-order valence-electron chi connectivity index (χ0n) is 17.7. The normalized spacial score (nSPS) is 18.8. The Hall–Kier alpha value is -1.99. The maximum atomic E-state index is 5.47. The van der Waals surface area contributed by atoms with Gasteiger partial charge in [0.1, 0.15) is 5.65 Å². The number of morpholine rings is 1. The van der Waals surface area contributed by atoms with Crippen molar-refractivity contribution in [3.8, 4) is 10.4 Å². The number of rotatable bonds is 6. The van der Waals surface area contributed by atoms with Gasteiger partial charge in [-0.05, 0) is 43.2 Å². The van der Waals surface area contributed by atoms with Gasteiger partial charge >= 0.3 is 0 Å². The van der Waals surface area contributed by atoms with Crippen LogP contribution >= 0.6 is 11.3 Å². The molecule has 0 saturated carbocycles. The van der Waals surface area contributed by atoms with Crippen molar-refractivity contribution in [1.29, 1.82) is 0 Å². The molecule has 2 aliphatic rings. The highest BCUT2D eigenvalue weighted by Crippen LogP contribution is 2.34. The first-order valence-corrected chi connectivity index (χ1v) is 11.9. The number of aromatic amines is 1. The van der Waals surface area contributed by atoms with Gasteiger partial charge in [0.15, 0.2) is 0 Å². The van der Waals surface area contributed by atoms with Gasteiger partial charge in [0.2, 0.25) is 0 Å². The number of thiophene rings is 1. The van der Waals surface area contributed by atoms with Crippen molar-refractivity contribution in [3.05, 3.63) is 47.1 Å². The molecule has 158 valence electrons. The Morgan fingerprint density at radius 2 is 2.07 bits per heavy atom. The van der Waals surface area contributed by atoms with Crippen molar-refractivity contribution in [2.24, 2.45) is 0 Å². The Bertz CT molecular complexity index is 1030. The van der Waals surface area contributed by atoms with Crippen LogP contribution in [0.3, 0.4) is 0 Å². The second-order valence-electron chi connectivity index (χ2n) is 8.26. The number of H-pyrrole nitrogens is 1. The summed E-state index contributed by atoms with van der Waals surface area (Å²) in [7, 11) is 0. The molecule has 1 saturated heterocycles. The Morgan fingerprint density at radius 3 is 2.87 bits per heavy atom. The molecule has 1 N–H and O–H groups in total. The highest BCUT2D eigenvalue weighted by atomic mass is 32.1. The van der Waals surface area contributed by atoms with E-state index < -0.39 is 0 Å². The summed E-state index contributed by atoms with van der Waals surface area (Å²) in [5, 5.41) is 1.24. The zero-order valence-corrected chi connectivity index (χ0v) is 18.5. The number of nitrogens with one attached hydrogen (secondary N) is 1. The quantitative estimate of drug-likeness (QED) is 0.629. The summed E-state index contributed by atoms with van der Waals surface area (Å²) in [6.45, 7) is 10.4. The number of nitrogens with zero attached hydrogens (tertiary/aromatic N) is 3. The van der Waals surface area contributed by atoms with Crippen LogP contribution in [0, 0.1) is 0 Å². The van der Waals surface area contributed by atoms with E-state index in [-0.39, 0.29) is 0 Å². The smallest absolute Gasteiger partial charge is 0.137 e. The first kappa shape index (κ1) is 19.9. The van der Waals surface area contributed by atoms with E-state index >= 15 is 0 Å². The molecule has 0 amide bonds. The molecule has 30 heavy (non-hydrogen) atoms. The highest BCUT2D eigenvalue weighted by Gasteiger charge is 2.17. The summed E-state index contributed by atoms with van der Waals surface area (Å²) in [4.78, 5) is 15.8. The van der Waals surface area contributed by atoms with Crippen molar-refractivity contribution < 1.29 is 4.74 Å². The number of hydrogen-bond donors (Lipinski definition) is 1. The first-order valence-electron chi connectivity index (χ1n) is 11.1. The largest absolute Gasteiger partial charge is 0.379 e. The molecule has 3 aromatic heterocycles. The summed E-state index contributed by atoms with van der Waals surface area (Å²) >= 11 is 1.88. The van der Waals surface area contributed by atoms with E-state index in [9.17, 15) is 0 Å². The van der Waals surface area contributed by atoms with E-state index in [0.29, 0.717) is 0 Å². The van der Waals surface area contributed by atoms with Gasteiger partial charge in [0, 0.05) is 71.4 Å². The maximum absolute atomic E-state index is 5.47. The van der Waals surface area contributed by atoms with E-state index in [4.69, 9.17) is 9.72 Å². The lowest BCUT2D eigenvalue weighted by Crippen LogP contribution is -2.35. The number of pyridine rings is 1. The zero-order chi connectivity index (χ0) is 20.3. The highest BCUT2D eigenvalue weighted by molar-refractivity contribution is 7.15. The second-order valence-corrected chi connectivity index (χ2v) is 9.43. The molecule has 0 aromatic carbocycles. The van der Waals surface area contributed by atoms with Crippen LogP contribution in [0.1, 0.15) is 30.2 Å². The summed E-state index contributed by atoms with van der Waals surface area (Å²) in [5.74, 6) is 0. The summed E-state index contributed by atoms with van der Waals surface area (Å²) in [5.41, 5.74) is 4.97. The average molecular weight is 423 g/mol. The molecular weight excluding hydrogens is 392 g/mol. The molecule has 0 atom stereocenters. The number of aromatic nitrogens is 2. The lowest BCUT2D eigenvalue weighted by Gasteiger charge is -2.25. The van der Waals surface area contributed by atoms with Gasteiger partial charge in [-0.3, -0.25) is 9.80 Å². The van der Waals surface area contributed by atoms with E-state index in [1.54, 1.807) is 0 Å². The minimum absolute atomic E-state index is 0.848. The Morgan fingerprint density at radius 1 is 1.17 bits per heavy atom. The molecule has 1 fully saturated rings. The fraction of sp³-hybridized carbons (Fsp3) is 0.458. The van der Waals surface area contributed by atoms with Gasteiger partial charge in [-0.15, -0.1) is 11.3 Å². The molecule has 5 nitrogen and oxygen atoms in total. The molecule has 0 bridgehead atoms. The van der Waals surface area contributed by atoms with Crippen LogP contribution in [0.15, 0.2) is 36.7 Å².